The van der Waals surface area contributed by atoms with E-state index in [1.54, 1.807) is 7.11 Å². The Morgan fingerprint density at radius 3 is 2.05 bits per heavy atom. The van der Waals surface area contributed by atoms with Crippen LogP contribution in [0.15, 0.2) is 59.7 Å². The number of rotatable bonds is 5. The van der Waals surface area contributed by atoms with Gasteiger partial charge in [0.1, 0.15) is 11.5 Å². The summed E-state index contributed by atoms with van der Waals surface area (Å²) < 4.78 is 20.3. The van der Waals surface area contributed by atoms with Crippen LogP contribution in [0.1, 0.15) is 91.9 Å². The average molecular weight is 569 g/mol. The molecule has 5 heteroatoms. The molecule has 0 saturated carbocycles. The molecule has 0 saturated heterocycles. The van der Waals surface area contributed by atoms with Crippen molar-refractivity contribution in [3.05, 3.63) is 70.9 Å². The first-order valence-electron chi connectivity index (χ1n) is 14.5. The normalized spacial score (nSPS) is 20.7. The number of allylic oxidation sites excluding steroid dienone is 6. The fraction of sp³-hybridized carbons (Fsp3) is 0.588. The minimum Gasteiger partial charge on any atom is -0.543 e. The maximum Gasteiger partial charge on any atom is 0.250 e. The van der Waals surface area contributed by atoms with Crippen LogP contribution in [0.5, 0.6) is 11.5 Å². The van der Waals surface area contributed by atoms with Crippen molar-refractivity contribution in [2.45, 2.75) is 123 Å². The Hall–Kier alpha value is -1.83. The van der Waals surface area contributed by atoms with Crippen LogP contribution in [-0.4, -0.2) is 23.7 Å². The summed E-state index contributed by atoms with van der Waals surface area (Å²) in [4.78, 5) is 0. The predicted molar refractivity (Wildman–Crippen MR) is 175 cm³/mol. The van der Waals surface area contributed by atoms with Gasteiger partial charge in [0, 0.05) is 11.1 Å². The van der Waals surface area contributed by atoms with E-state index in [-0.39, 0.29) is 16.2 Å². The van der Waals surface area contributed by atoms with E-state index in [4.69, 9.17) is 13.6 Å². The van der Waals surface area contributed by atoms with Gasteiger partial charge in [0.05, 0.1) is 13.2 Å². The van der Waals surface area contributed by atoms with Crippen LogP contribution in [0, 0.1) is 0 Å². The molecule has 0 N–H and O–H groups in total. The van der Waals surface area contributed by atoms with Crippen molar-refractivity contribution in [3.8, 4) is 11.5 Å². The fourth-order valence-corrected chi connectivity index (χ4v) is 6.28. The van der Waals surface area contributed by atoms with Gasteiger partial charge in [-0.15, -0.1) is 0 Å². The first-order chi connectivity index (χ1) is 17.8. The third-order valence-electron chi connectivity index (χ3n) is 8.78. The van der Waals surface area contributed by atoms with Crippen LogP contribution < -0.4 is 9.16 Å². The molecule has 2 aliphatic rings. The summed E-state index contributed by atoms with van der Waals surface area (Å²) >= 11 is 0. The number of ether oxygens (including phenoxy) is 1. The fourth-order valence-electron chi connectivity index (χ4n) is 4.06. The molecule has 0 fully saturated rings. The summed E-state index contributed by atoms with van der Waals surface area (Å²) in [7, 11) is -2.47. The van der Waals surface area contributed by atoms with E-state index in [1.165, 1.54) is 16.7 Å². The van der Waals surface area contributed by atoms with Crippen molar-refractivity contribution in [2.75, 3.05) is 7.11 Å². The van der Waals surface area contributed by atoms with Crippen molar-refractivity contribution in [1.82, 2.24) is 0 Å². The molecule has 0 amide bonds. The summed E-state index contributed by atoms with van der Waals surface area (Å²) in [5, 5.41) is 0.153. The summed E-state index contributed by atoms with van der Waals surface area (Å²) in [5.74, 6) is 1.83. The lowest BCUT2D eigenvalue weighted by Gasteiger charge is -2.41. The number of hydrogen-bond acceptors (Lipinski definition) is 3. The van der Waals surface area contributed by atoms with E-state index in [2.05, 4.69) is 125 Å². The second-order valence-corrected chi connectivity index (χ2v) is 23.9. The quantitative estimate of drug-likeness (QED) is 0.261. The molecule has 2 aliphatic carbocycles. The zero-order chi connectivity index (χ0) is 29.8. The van der Waals surface area contributed by atoms with Crippen LogP contribution in [0.2, 0.25) is 36.3 Å². The van der Waals surface area contributed by atoms with Gasteiger partial charge < -0.3 is 13.6 Å². The Kier molecular flexibility index (Phi) is 10.9. The lowest BCUT2D eigenvalue weighted by molar-refractivity contribution is 0.225. The smallest absolute Gasteiger partial charge is 0.250 e. The van der Waals surface area contributed by atoms with Crippen molar-refractivity contribution in [2.24, 2.45) is 0 Å². The van der Waals surface area contributed by atoms with Gasteiger partial charge in [-0.2, -0.15) is 0 Å². The molecular weight excluding hydrogens is 513 g/mol. The maximum atomic E-state index is 7.17. The van der Waals surface area contributed by atoms with Gasteiger partial charge in [0.25, 0.3) is 0 Å². The molecular formula is C34H56O3Si2. The lowest BCUT2D eigenvalue weighted by atomic mass is 9.97. The highest BCUT2D eigenvalue weighted by Gasteiger charge is 2.42. The first-order valence-corrected chi connectivity index (χ1v) is 20.3. The first kappa shape index (κ1) is 33.4. The molecule has 0 aliphatic heterocycles. The highest BCUT2D eigenvalue weighted by molar-refractivity contribution is 6.75. The van der Waals surface area contributed by atoms with Crippen molar-refractivity contribution in [3.63, 3.8) is 0 Å². The molecule has 218 valence electrons. The van der Waals surface area contributed by atoms with Crippen LogP contribution in [0.4, 0.5) is 0 Å². The molecule has 0 radical (unpaired) electrons. The van der Waals surface area contributed by atoms with Crippen molar-refractivity contribution >= 4 is 16.6 Å². The Balaban J connectivity index is 2.86. The molecule has 39 heavy (non-hydrogen) atoms. The monoisotopic (exact) mass is 568 g/mol. The van der Waals surface area contributed by atoms with Gasteiger partial charge in [-0.1, -0.05) is 89.1 Å². The second-order valence-electron chi connectivity index (χ2n) is 14.4. The van der Waals surface area contributed by atoms with Gasteiger partial charge >= 0.3 is 0 Å². The minimum atomic E-state index is -2.12. The Morgan fingerprint density at radius 1 is 0.872 bits per heavy atom. The molecule has 0 aromatic heterocycles. The van der Waals surface area contributed by atoms with Gasteiger partial charge in [-0.3, -0.25) is 0 Å². The molecule has 1 aromatic rings. The predicted octanol–water partition coefficient (Wildman–Crippen LogP) is 10.9. The molecule has 3 nitrogen and oxygen atoms in total. The van der Waals surface area contributed by atoms with E-state index in [0.717, 1.165) is 48.3 Å². The van der Waals surface area contributed by atoms with E-state index in [0.29, 0.717) is 0 Å². The van der Waals surface area contributed by atoms with Gasteiger partial charge in [-0.05, 0) is 87.9 Å². The van der Waals surface area contributed by atoms with Crippen LogP contribution >= 0.6 is 0 Å². The molecule has 3 rings (SSSR count). The van der Waals surface area contributed by atoms with E-state index < -0.39 is 16.6 Å². The number of benzene rings is 1. The highest BCUT2D eigenvalue weighted by Crippen LogP contribution is 2.46. The Labute approximate surface area is 242 Å². The largest absolute Gasteiger partial charge is 0.543 e. The van der Waals surface area contributed by atoms with Crippen LogP contribution in [0.3, 0.4) is 0 Å². The molecule has 1 aromatic carbocycles. The van der Waals surface area contributed by atoms with Crippen LogP contribution in [-0.2, 0) is 10.8 Å². The summed E-state index contributed by atoms with van der Waals surface area (Å²) in [6, 6.07) is 4.43. The molecule has 1 atom stereocenters. The van der Waals surface area contributed by atoms with Gasteiger partial charge in [0.15, 0.2) is 8.32 Å². The Bertz CT molecular complexity index is 1110. The second kappa shape index (κ2) is 12.8. The summed E-state index contributed by atoms with van der Waals surface area (Å²) in [5.41, 5.74) is 5.98. The average Bonchev–Trinajstić information content (AvgIpc) is 2.76. The Morgan fingerprint density at radius 2 is 1.49 bits per heavy atom. The molecule has 0 heterocycles. The summed E-state index contributed by atoms with van der Waals surface area (Å²) in [6.45, 7) is 31.7. The minimum absolute atomic E-state index is 0.0753. The van der Waals surface area contributed by atoms with Crippen molar-refractivity contribution in [1.29, 1.82) is 0 Å². The van der Waals surface area contributed by atoms with Crippen LogP contribution in [0.25, 0.3) is 0 Å². The number of fused-ring (bicyclic) bond motifs is 10. The van der Waals surface area contributed by atoms with E-state index in [1.807, 2.05) is 0 Å². The van der Waals surface area contributed by atoms with Crippen molar-refractivity contribution < 1.29 is 13.6 Å². The van der Waals surface area contributed by atoms with E-state index >= 15 is 0 Å². The van der Waals surface area contributed by atoms with E-state index in [9.17, 15) is 0 Å². The topological polar surface area (TPSA) is 27.7 Å². The van der Waals surface area contributed by atoms with Gasteiger partial charge in [0.2, 0.25) is 8.32 Å². The maximum absolute atomic E-state index is 7.17. The summed E-state index contributed by atoms with van der Waals surface area (Å²) in [6.07, 6.45) is 12.5. The highest BCUT2D eigenvalue weighted by atomic mass is 28.4. The number of methoxy groups -OCH3 is 1. The standard InChI is InChI=1S/C34H56O3Si2/c1-25-17-15-19-26(2)21-28-23-32(37-39(13,14)34(7,8)9)29(24-30(28)35-10)31(22-27(3)20-16-18-25)36-38(11,12)33(4,5)6/h16,18-19,22-24,31H,1,15,17,20-21H2,2-14H3/b18-16+,26-19-,27-22?/t31-/m0/s1. The zero-order valence-electron chi connectivity index (χ0n) is 27.3. The van der Waals surface area contributed by atoms with Gasteiger partial charge in [-0.25, -0.2) is 0 Å². The third kappa shape index (κ3) is 9.09. The SMILES string of the molecule is C=C1/C=C/CC(C)=C[C@H](O[Si](C)(C)C(C)(C)C)c2cc(OC)c(cc2O[Si](C)(C)C(C)(C)C)C/C(C)=C\CC1. The zero-order valence-corrected chi connectivity index (χ0v) is 29.3. The molecule has 0 unspecified atom stereocenters. The lowest BCUT2D eigenvalue weighted by Crippen LogP contribution is -2.44. The molecule has 2 bridgehead atoms. The third-order valence-corrected chi connectivity index (χ3v) is 17.6. The molecule has 0 spiro atoms. The number of hydrogen-bond donors (Lipinski definition) is 0.